The van der Waals surface area contributed by atoms with Crippen LogP contribution in [-0.2, 0) is 7.05 Å². The summed E-state index contributed by atoms with van der Waals surface area (Å²) in [5.74, 6) is 0.987. The number of aryl methyl sites for hydroxylation is 1. The summed E-state index contributed by atoms with van der Waals surface area (Å²) >= 11 is 0. The molecule has 1 atom stereocenters. The van der Waals surface area contributed by atoms with Crippen LogP contribution in [0.1, 0.15) is 27.7 Å². The predicted octanol–water partition coefficient (Wildman–Crippen LogP) is 4.65. The Morgan fingerprint density at radius 3 is 2.35 bits per heavy atom. The van der Waals surface area contributed by atoms with E-state index in [1.54, 1.807) is 18.1 Å². The number of amides is 1. The first-order valence-electron chi connectivity index (χ1n) is 9.97. The highest BCUT2D eigenvalue weighted by Crippen LogP contribution is 2.49. The number of fused-ring (bicyclic) bond motifs is 3. The van der Waals surface area contributed by atoms with Gasteiger partial charge < -0.3 is 19.1 Å². The number of phenols is 1. The molecule has 5 rings (SSSR count). The number of benzene rings is 3. The van der Waals surface area contributed by atoms with Crippen molar-refractivity contribution in [2.75, 3.05) is 19.1 Å². The van der Waals surface area contributed by atoms with E-state index in [1.807, 2.05) is 72.3 Å². The largest absolute Gasteiger partial charge is 0.504 e. The maximum Gasteiger partial charge on any atom is 0.276 e. The van der Waals surface area contributed by atoms with Crippen molar-refractivity contribution < 1.29 is 19.4 Å². The Hall–Kier alpha value is -3.93. The van der Waals surface area contributed by atoms with Gasteiger partial charge in [-0.1, -0.05) is 30.3 Å². The van der Waals surface area contributed by atoms with Gasteiger partial charge >= 0.3 is 0 Å². The molecule has 1 aliphatic heterocycles. The number of carbonyl (C=O) groups is 1. The van der Waals surface area contributed by atoms with Gasteiger partial charge in [0.1, 0.15) is 11.4 Å². The van der Waals surface area contributed by atoms with Crippen LogP contribution in [0.25, 0.3) is 10.9 Å². The third kappa shape index (κ3) is 2.68. The monoisotopic (exact) mass is 414 g/mol. The van der Waals surface area contributed by atoms with Crippen LogP contribution in [-0.4, -0.2) is 29.8 Å². The zero-order valence-corrected chi connectivity index (χ0v) is 17.5. The van der Waals surface area contributed by atoms with Crippen LogP contribution in [0, 0.1) is 0 Å². The molecule has 1 aliphatic rings. The number of nitrogens with zero attached hydrogens (tertiary/aromatic N) is 2. The third-order valence-electron chi connectivity index (χ3n) is 5.99. The molecule has 0 spiro atoms. The molecule has 2 heterocycles. The fraction of sp³-hybridized carbons (Fsp3) is 0.160. The number of rotatable bonds is 4. The zero-order valence-electron chi connectivity index (χ0n) is 17.5. The lowest BCUT2D eigenvalue weighted by molar-refractivity contribution is 0.0986. The average molecular weight is 414 g/mol. The topological polar surface area (TPSA) is 63.9 Å². The van der Waals surface area contributed by atoms with Crippen LogP contribution < -0.4 is 14.4 Å². The molecule has 0 aliphatic carbocycles. The molecule has 1 amide bonds. The van der Waals surface area contributed by atoms with Crippen molar-refractivity contribution in [2.24, 2.45) is 7.05 Å². The van der Waals surface area contributed by atoms with E-state index in [1.165, 1.54) is 7.11 Å². The maximum atomic E-state index is 13.8. The lowest BCUT2D eigenvalue weighted by Gasteiger charge is -2.27. The second-order valence-electron chi connectivity index (χ2n) is 7.51. The number of para-hydroxylation sites is 2. The summed E-state index contributed by atoms with van der Waals surface area (Å²) < 4.78 is 12.6. The Balaban J connectivity index is 1.80. The second-order valence-corrected chi connectivity index (χ2v) is 7.51. The molecule has 0 saturated heterocycles. The summed E-state index contributed by atoms with van der Waals surface area (Å²) in [5.41, 5.74) is 3.80. The van der Waals surface area contributed by atoms with Gasteiger partial charge in [-0.25, -0.2) is 0 Å². The highest BCUT2D eigenvalue weighted by molar-refractivity contribution is 6.15. The molecule has 0 unspecified atom stereocenters. The van der Waals surface area contributed by atoms with Crippen LogP contribution in [0.3, 0.4) is 0 Å². The Labute approximate surface area is 179 Å². The first-order chi connectivity index (χ1) is 15.1. The molecule has 0 saturated carbocycles. The van der Waals surface area contributed by atoms with E-state index in [0.717, 1.165) is 22.2 Å². The summed E-state index contributed by atoms with van der Waals surface area (Å²) in [7, 11) is 5.03. The van der Waals surface area contributed by atoms with Crippen LogP contribution >= 0.6 is 0 Å². The van der Waals surface area contributed by atoms with Gasteiger partial charge in [0, 0.05) is 34.8 Å². The van der Waals surface area contributed by atoms with Gasteiger partial charge in [0.25, 0.3) is 5.91 Å². The van der Waals surface area contributed by atoms with Crippen molar-refractivity contribution in [1.82, 2.24) is 4.57 Å². The average Bonchev–Trinajstić information content (AvgIpc) is 3.27. The minimum Gasteiger partial charge on any atom is -0.504 e. The van der Waals surface area contributed by atoms with E-state index >= 15 is 0 Å². The van der Waals surface area contributed by atoms with Crippen molar-refractivity contribution in [2.45, 2.75) is 6.04 Å². The van der Waals surface area contributed by atoms with Gasteiger partial charge in [-0.05, 0) is 36.4 Å². The van der Waals surface area contributed by atoms with Crippen LogP contribution in [0.5, 0.6) is 17.2 Å². The molecule has 6 heteroatoms. The summed E-state index contributed by atoms with van der Waals surface area (Å²) in [6, 6.07) is 20.2. The number of hydrogen-bond acceptors (Lipinski definition) is 4. The van der Waals surface area contributed by atoms with Crippen molar-refractivity contribution in [3.05, 3.63) is 83.6 Å². The van der Waals surface area contributed by atoms with E-state index < -0.39 is 6.04 Å². The second kappa shape index (κ2) is 7.09. The molecule has 1 N–H and O–H groups in total. The number of ether oxygens (including phenoxy) is 2. The molecule has 0 fully saturated rings. The molecule has 6 nitrogen and oxygen atoms in total. The molecule has 31 heavy (non-hydrogen) atoms. The Kier molecular flexibility index (Phi) is 4.36. The van der Waals surface area contributed by atoms with Gasteiger partial charge in [0.05, 0.1) is 20.3 Å². The van der Waals surface area contributed by atoms with E-state index in [9.17, 15) is 9.90 Å². The molecular formula is C25H22N2O4. The third-order valence-corrected chi connectivity index (χ3v) is 5.99. The molecule has 0 bridgehead atoms. The van der Waals surface area contributed by atoms with Gasteiger partial charge in [-0.3, -0.25) is 9.69 Å². The van der Waals surface area contributed by atoms with E-state index in [4.69, 9.17) is 9.47 Å². The maximum absolute atomic E-state index is 13.8. The van der Waals surface area contributed by atoms with E-state index in [2.05, 4.69) is 0 Å². The minimum atomic E-state index is -0.503. The number of aromatic hydroxyl groups is 1. The predicted molar refractivity (Wildman–Crippen MR) is 119 cm³/mol. The standard InChI is InChI=1S/C25H22N2O4/c1-26-19-9-5-4-7-17(19)21-22(18-8-6-10-20(31-3)24(18)28)27(25(29)23(21)26)15-11-13-16(30-2)14-12-15/h4-14,22,28H,1-3H3/t22-/m0/s1. The quantitative estimate of drug-likeness (QED) is 0.528. The number of methoxy groups -OCH3 is 2. The first-order valence-corrected chi connectivity index (χ1v) is 9.97. The lowest BCUT2D eigenvalue weighted by atomic mass is 9.96. The highest BCUT2D eigenvalue weighted by atomic mass is 16.5. The summed E-state index contributed by atoms with van der Waals surface area (Å²) in [4.78, 5) is 15.5. The number of phenolic OH excluding ortho intramolecular Hbond substituents is 1. The first kappa shape index (κ1) is 19.1. The Bertz CT molecular complexity index is 1310. The number of anilines is 1. The molecular weight excluding hydrogens is 392 g/mol. The van der Waals surface area contributed by atoms with Crippen molar-refractivity contribution in [3.8, 4) is 17.2 Å². The van der Waals surface area contributed by atoms with Gasteiger partial charge in [-0.15, -0.1) is 0 Å². The smallest absolute Gasteiger partial charge is 0.276 e. The molecule has 1 aromatic heterocycles. The fourth-order valence-corrected chi connectivity index (χ4v) is 4.55. The summed E-state index contributed by atoms with van der Waals surface area (Å²) in [5, 5.41) is 12.0. The fourth-order valence-electron chi connectivity index (χ4n) is 4.55. The molecule has 0 radical (unpaired) electrons. The number of aromatic nitrogens is 1. The van der Waals surface area contributed by atoms with Crippen molar-refractivity contribution in [1.29, 1.82) is 0 Å². The highest BCUT2D eigenvalue weighted by Gasteiger charge is 2.44. The van der Waals surface area contributed by atoms with E-state index in [-0.39, 0.29) is 11.7 Å². The number of hydrogen-bond donors (Lipinski definition) is 1. The van der Waals surface area contributed by atoms with Crippen molar-refractivity contribution in [3.63, 3.8) is 0 Å². The summed E-state index contributed by atoms with van der Waals surface area (Å²) in [6.45, 7) is 0. The van der Waals surface area contributed by atoms with E-state index in [0.29, 0.717) is 22.8 Å². The molecule has 3 aromatic carbocycles. The van der Waals surface area contributed by atoms with Gasteiger partial charge in [-0.2, -0.15) is 0 Å². The Morgan fingerprint density at radius 2 is 1.65 bits per heavy atom. The van der Waals surface area contributed by atoms with Crippen LogP contribution in [0.4, 0.5) is 5.69 Å². The summed E-state index contributed by atoms with van der Waals surface area (Å²) in [6.07, 6.45) is 0. The van der Waals surface area contributed by atoms with Gasteiger partial charge in [0.15, 0.2) is 11.5 Å². The minimum absolute atomic E-state index is 0.0297. The number of carbonyl (C=O) groups excluding carboxylic acids is 1. The van der Waals surface area contributed by atoms with Crippen LogP contribution in [0.15, 0.2) is 66.7 Å². The normalized spacial score (nSPS) is 15.4. The lowest BCUT2D eigenvalue weighted by Crippen LogP contribution is -2.29. The van der Waals surface area contributed by atoms with Gasteiger partial charge in [0.2, 0.25) is 0 Å². The van der Waals surface area contributed by atoms with Crippen molar-refractivity contribution >= 4 is 22.5 Å². The Morgan fingerprint density at radius 1 is 0.903 bits per heavy atom. The zero-order chi connectivity index (χ0) is 21.7. The molecule has 156 valence electrons. The SMILES string of the molecule is COc1ccc(N2C(=O)c3c(c4ccccc4n3C)[C@@H]2c2cccc(OC)c2O)cc1. The van der Waals surface area contributed by atoms with Crippen LogP contribution in [0.2, 0.25) is 0 Å². The molecule has 4 aromatic rings.